The minimum absolute atomic E-state index is 0.205. The summed E-state index contributed by atoms with van der Waals surface area (Å²) < 4.78 is 13.7. The fourth-order valence-corrected chi connectivity index (χ4v) is 2.57. The summed E-state index contributed by atoms with van der Waals surface area (Å²) in [6.07, 6.45) is 1.68. The molecule has 0 spiro atoms. The van der Waals surface area contributed by atoms with Crippen LogP contribution in [0.3, 0.4) is 0 Å². The molecule has 1 aliphatic rings. The van der Waals surface area contributed by atoms with Gasteiger partial charge in [-0.2, -0.15) is 0 Å². The summed E-state index contributed by atoms with van der Waals surface area (Å²) in [5.41, 5.74) is 6.05. The number of likely N-dealkylation sites (tertiary alicyclic amines) is 1. The Kier molecular flexibility index (Phi) is 4.11. The third kappa shape index (κ3) is 3.25. The molecule has 2 rings (SSSR count). The van der Waals surface area contributed by atoms with Crippen molar-refractivity contribution in [2.24, 2.45) is 11.1 Å². The molecule has 1 saturated heterocycles. The monoisotopic (exact) mass is 283 g/mol. The van der Waals surface area contributed by atoms with Gasteiger partial charge in [-0.3, -0.25) is 10.3 Å². The van der Waals surface area contributed by atoms with E-state index in [1.165, 1.54) is 6.07 Å². The van der Waals surface area contributed by atoms with Crippen LogP contribution in [0.25, 0.3) is 0 Å². The van der Waals surface area contributed by atoms with Crippen molar-refractivity contribution in [3.8, 4) is 0 Å². The van der Waals surface area contributed by atoms with Gasteiger partial charge in [0.2, 0.25) is 0 Å². The molecule has 0 saturated carbocycles. The lowest BCUT2D eigenvalue weighted by atomic mass is 9.79. The van der Waals surface area contributed by atoms with Gasteiger partial charge in [-0.1, -0.05) is 18.5 Å². The van der Waals surface area contributed by atoms with Crippen LogP contribution < -0.4 is 5.73 Å². The molecule has 1 aromatic carbocycles. The summed E-state index contributed by atoms with van der Waals surface area (Å²) in [5, 5.41) is 8.17. The average Bonchev–Trinajstić information content (AvgIpc) is 2.36. The van der Waals surface area contributed by atoms with E-state index in [9.17, 15) is 4.39 Å². The SMILES string of the molecule is CC1(C(=N)N)CCN(Cc2cc(Cl)ccc2F)CC1. The van der Waals surface area contributed by atoms with Gasteiger partial charge in [-0.25, -0.2) is 4.39 Å². The molecule has 1 aliphatic heterocycles. The quantitative estimate of drug-likeness (QED) is 0.662. The molecular weight excluding hydrogens is 265 g/mol. The number of halogens is 2. The topological polar surface area (TPSA) is 53.1 Å². The van der Waals surface area contributed by atoms with E-state index in [4.69, 9.17) is 22.7 Å². The van der Waals surface area contributed by atoms with Crippen molar-refractivity contribution >= 4 is 17.4 Å². The van der Waals surface area contributed by atoms with E-state index < -0.39 is 0 Å². The van der Waals surface area contributed by atoms with E-state index >= 15 is 0 Å². The summed E-state index contributed by atoms with van der Waals surface area (Å²) in [4.78, 5) is 2.18. The summed E-state index contributed by atoms with van der Waals surface area (Å²) in [6.45, 7) is 4.22. The summed E-state index contributed by atoms with van der Waals surface area (Å²) in [7, 11) is 0. The normalized spacial score (nSPS) is 19.3. The van der Waals surface area contributed by atoms with E-state index in [-0.39, 0.29) is 17.1 Å². The minimum atomic E-state index is -0.218. The third-order valence-corrected chi connectivity index (χ3v) is 4.25. The second-order valence-corrected chi connectivity index (χ2v) is 5.92. The van der Waals surface area contributed by atoms with Crippen LogP contribution in [0.5, 0.6) is 0 Å². The van der Waals surface area contributed by atoms with E-state index in [2.05, 4.69) is 4.90 Å². The zero-order valence-electron chi connectivity index (χ0n) is 11.0. The molecule has 0 amide bonds. The van der Waals surface area contributed by atoms with Gasteiger partial charge in [-0.15, -0.1) is 0 Å². The molecule has 0 aromatic heterocycles. The molecule has 1 heterocycles. The Bertz CT molecular complexity index is 482. The van der Waals surface area contributed by atoms with Gasteiger partial charge < -0.3 is 5.73 Å². The number of rotatable bonds is 3. The van der Waals surface area contributed by atoms with Gasteiger partial charge in [0.05, 0.1) is 5.84 Å². The van der Waals surface area contributed by atoms with Gasteiger partial charge in [-0.05, 0) is 44.1 Å². The van der Waals surface area contributed by atoms with Crippen LogP contribution in [-0.2, 0) is 6.54 Å². The Labute approximate surface area is 118 Å². The Morgan fingerprint density at radius 3 is 2.68 bits per heavy atom. The Balaban J connectivity index is 1.99. The summed E-state index contributed by atoms with van der Waals surface area (Å²) in [5.74, 6) is 0.0328. The van der Waals surface area contributed by atoms with Crippen LogP contribution in [0, 0.1) is 16.6 Å². The molecule has 1 aromatic rings. The fraction of sp³-hybridized carbons (Fsp3) is 0.500. The predicted octanol–water partition coefficient (Wildman–Crippen LogP) is 3.02. The van der Waals surface area contributed by atoms with E-state index in [0.717, 1.165) is 25.9 Å². The molecule has 104 valence electrons. The zero-order valence-corrected chi connectivity index (χ0v) is 11.8. The summed E-state index contributed by atoms with van der Waals surface area (Å²) >= 11 is 5.89. The average molecular weight is 284 g/mol. The standard InChI is InChI=1S/C14H19ClFN3/c1-14(13(17)18)4-6-19(7-5-14)9-10-8-11(15)2-3-12(10)16/h2-3,8H,4-7,9H2,1H3,(H3,17,18). The van der Waals surface area contributed by atoms with Gasteiger partial charge >= 0.3 is 0 Å². The highest BCUT2D eigenvalue weighted by atomic mass is 35.5. The van der Waals surface area contributed by atoms with Crippen molar-refractivity contribution in [2.75, 3.05) is 13.1 Å². The van der Waals surface area contributed by atoms with Crippen LogP contribution in [-0.4, -0.2) is 23.8 Å². The van der Waals surface area contributed by atoms with E-state index in [1.54, 1.807) is 12.1 Å². The molecule has 0 atom stereocenters. The van der Waals surface area contributed by atoms with Crippen molar-refractivity contribution in [1.29, 1.82) is 5.41 Å². The third-order valence-electron chi connectivity index (χ3n) is 4.01. The number of benzene rings is 1. The number of nitrogens with one attached hydrogen (secondary N) is 1. The number of amidine groups is 1. The van der Waals surface area contributed by atoms with Gasteiger partial charge in [0.1, 0.15) is 5.82 Å². The number of piperidine rings is 1. The molecule has 0 radical (unpaired) electrons. The van der Waals surface area contributed by atoms with Crippen LogP contribution in [0.1, 0.15) is 25.3 Å². The van der Waals surface area contributed by atoms with Crippen molar-refractivity contribution in [3.05, 3.63) is 34.6 Å². The Morgan fingerprint density at radius 2 is 2.11 bits per heavy atom. The van der Waals surface area contributed by atoms with Crippen LogP contribution in [0.4, 0.5) is 4.39 Å². The lowest BCUT2D eigenvalue weighted by Crippen LogP contribution is -2.44. The highest BCUT2D eigenvalue weighted by Crippen LogP contribution is 2.31. The van der Waals surface area contributed by atoms with Crippen molar-refractivity contribution in [2.45, 2.75) is 26.3 Å². The first-order valence-electron chi connectivity index (χ1n) is 6.41. The molecule has 0 aliphatic carbocycles. The Morgan fingerprint density at radius 1 is 1.47 bits per heavy atom. The van der Waals surface area contributed by atoms with Gasteiger partial charge in [0, 0.05) is 22.5 Å². The number of nitrogens with zero attached hydrogens (tertiary/aromatic N) is 1. The highest BCUT2D eigenvalue weighted by molar-refractivity contribution is 6.30. The van der Waals surface area contributed by atoms with Crippen molar-refractivity contribution in [3.63, 3.8) is 0 Å². The maximum absolute atomic E-state index is 13.7. The number of hydrogen-bond donors (Lipinski definition) is 2. The molecule has 3 nitrogen and oxygen atoms in total. The van der Waals surface area contributed by atoms with E-state index in [0.29, 0.717) is 17.1 Å². The number of nitrogens with two attached hydrogens (primary N) is 1. The molecule has 5 heteroatoms. The number of hydrogen-bond acceptors (Lipinski definition) is 2. The first kappa shape index (κ1) is 14.3. The maximum Gasteiger partial charge on any atom is 0.127 e. The van der Waals surface area contributed by atoms with Crippen LogP contribution in [0.2, 0.25) is 5.02 Å². The van der Waals surface area contributed by atoms with Gasteiger partial charge in [0.25, 0.3) is 0 Å². The second kappa shape index (κ2) is 5.47. The van der Waals surface area contributed by atoms with Crippen molar-refractivity contribution < 1.29 is 4.39 Å². The maximum atomic E-state index is 13.7. The van der Waals surface area contributed by atoms with Crippen LogP contribution in [0.15, 0.2) is 18.2 Å². The predicted molar refractivity (Wildman–Crippen MR) is 75.9 cm³/mol. The van der Waals surface area contributed by atoms with Crippen LogP contribution >= 0.6 is 11.6 Å². The first-order valence-corrected chi connectivity index (χ1v) is 6.79. The molecule has 0 bridgehead atoms. The molecule has 3 N–H and O–H groups in total. The van der Waals surface area contributed by atoms with E-state index in [1.807, 2.05) is 6.92 Å². The molecule has 1 fully saturated rings. The summed E-state index contributed by atoms with van der Waals surface area (Å²) in [6, 6.07) is 4.64. The second-order valence-electron chi connectivity index (χ2n) is 5.49. The largest absolute Gasteiger partial charge is 0.387 e. The van der Waals surface area contributed by atoms with Crippen molar-refractivity contribution in [1.82, 2.24) is 4.90 Å². The minimum Gasteiger partial charge on any atom is -0.387 e. The lowest BCUT2D eigenvalue weighted by Gasteiger charge is -2.38. The molecule has 19 heavy (non-hydrogen) atoms. The zero-order chi connectivity index (χ0) is 14.0. The molecule has 0 unspecified atom stereocenters. The smallest absolute Gasteiger partial charge is 0.127 e. The molecular formula is C14H19ClFN3. The lowest BCUT2D eigenvalue weighted by molar-refractivity contribution is 0.154. The fourth-order valence-electron chi connectivity index (χ4n) is 2.38. The van der Waals surface area contributed by atoms with Gasteiger partial charge in [0.15, 0.2) is 0 Å². The first-order chi connectivity index (χ1) is 8.90. The highest BCUT2D eigenvalue weighted by Gasteiger charge is 2.32. The Hall–Kier alpha value is -1.13.